The molecule has 1 heterocycles. The predicted molar refractivity (Wildman–Crippen MR) is 81.5 cm³/mol. The van der Waals surface area contributed by atoms with E-state index < -0.39 is 0 Å². The molecule has 0 aromatic heterocycles. The van der Waals surface area contributed by atoms with Crippen LogP contribution < -0.4 is 15.4 Å². The van der Waals surface area contributed by atoms with E-state index in [-0.39, 0.29) is 17.1 Å². The Morgan fingerprint density at radius 1 is 1.45 bits per heavy atom. The zero-order valence-corrected chi connectivity index (χ0v) is 12.4. The third kappa shape index (κ3) is 3.81. The maximum absolute atomic E-state index is 11.7. The first kappa shape index (κ1) is 14.5. The third-order valence-electron chi connectivity index (χ3n) is 3.05. The van der Waals surface area contributed by atoms with Crippen molar-refractivity contribution in [2.75, 3.05) is 0 Å². The average molecular weight is 289 g/mol. The van der Waals surface area contributed by atoms with Gasteiger partial charge in [0.25, 0.3) is 5.91 Å². The van der Waals surface area contributed by atoms with Crippen molar-refractivity contribution in [3.63, 3.8) is 0 Å². The van der Waals surface area contributed by atoms with Gasteiger partial charge >= 0.3 is 0 Å². The number of thiocarbonyl (C=S) groups is 1. The molecule has 0 bridgehead atoms. The Bertz CT molecular complexity index is 555. The van der Waals surface area contributed by atoms with Gasteiger partial charge in [-0.15, -0.1) is 0 Å². The van der Waals surface area contributed by atoms with Crippen molar-refractivity contribution in [2.45, 2.75) is 32.8 Å². The van der Waals surface area contributed by atoms with E-state index in [1.54, 1.807) is 6.20 Å². The van der Waals surface area contributed by atoms with Crippen molar-refractivity contribution in [1.82, 2.24) is 10.6 Å². The molecule has 0 fully saturated rings. The van der Waals surface area contributed by atoms with Gasteiger partial charge in [-0.1, -0.05) is 19.1 Å². The molecule has 0 saturated heterocycles. The van der Waals surface area contributed by atoms with Gasteiger partial charge in [-0.25, -0.2) is 0 Å². The highest BCUT2D eigenvalue weighted by molar-refractivity contribution is 7.80. The molecular formula is C15H17N2O2S. The van der Waals surface area contributed by atoms with Crippen molar-refractivity contribution in [2.24, 2.45) is 0 Å². The fourth-order valence-corrected chi connectivity index (χ4v) is 1.94. The summed E-state index contributed by atoms with van der Waals surface area (Å²) in [5.74, 6) is 0.545. The summed E-state index contributed by atoms with van der Waals surface area (Å²) < 4.78 is 5.77. The number of nitrogens with one attached hydrogen (secondary N) is 1. The van der Waals surface area contributed by atoms with E-state index in [1.165, 1.54) is 0 Å². The summed E-state index contributed by atoms with van der Waals surface area (Å²) in [6, 6.07) is 7.76. The van der Waals surface area contributed by atoms with E-state index in [1.807, 2.05) is 31.2 Å². The number of ether oxygens (including phenoxy) is 1. The maximum atomic E-state index is 11.7. The number of hydrogen-bond acceptors (Lipinski definition) is 3. The average Bonchev–Trinajstić information content (AvgIpc) is 2.42. The summed E-state index contributed by atoms with van der Waals surface area (Å²) in [4.78, 5) is 11.7. The maximum Gasteiger partial charge on any atom is 0.277 e. The van der Waals surface area contributed by atoms with Crippen molar-refractivity contribution in [3.8, 4) is 5.75 Å². The Balaban J connectivity index is 2.08. The number of hydrogen-bond donors (Lipinski definition) is 1. The lowest BCUT2D eigenvalue weighted by Gasteiger charge is -2.15. The second kappa shape index (κ2) is 6.52. The van der Waals surface area contributed by atoms with Crippen molar-refractivity contribution >= 4 is 23.2 Å². The number of carbonyl (C=O) groups is 1. The van der Waals surface area contributed by atoms with Crippen molar-refractivity contribution < 1.29 is 9.53 Å². The molecule has 5 heteroatoms. The second-order valence-corrected chi connectivity index (χ2v) is 5.08. The van der Waals surface area contributed by atoms with Gasteiger partial charge in [0.05, 0.1) is 6.10 Å². The van der Waals surface area contributed by atoms with Crippen molar-refractivity contribution in [1.29, 1.82) is 0 Å². The van der Waals surface area contributed by atoms with E-state index in [0.29, 0.717) is 12.0 Å². The van der Waals surface area contributed by atoms with Crippen LogP contribution in [0.5, 0.6) is 5.75 Å². The molecule has 0 spiro atoms. The smallest absolute Gasteiger partial charge is 0.277 e. The standard InChI is InChI=1S/C15H17N2O2S/c1-3-10(2)19-13-6-4-5-11(8-13)7-12-9-16-15(20)17-14(12)18/h4-6,8-10H,3,7H2,1-2H3,(H,16,20). The fraction of sp³-hybridized carbons (Fsp3) is 0.333. The third-order valence-corrected chi connectivity index (χ3v) is 3.26. The number of amides is 1. The van der Waals surface area contributed by atoms with Gasteiger partial charge in [0.15, 0.2) is 5.11 Å². The van der Waals surface area contributed by atoms with Crippen LogP contribution in [0.1, 0.15) is 25.8 Å². The first-order valence-corrected chi connectivity index (χ1v) is 7.00. The van der Waals surface area contributed by atoms with Crippen LogP contribution >= 0.6 is 12.2 Å². The van der Waals surface area contributed by atoms with Crippen LogP contribution in [0, 0.1) is 0 Å². The molecule has 1 radical (unpaired) electrons. The summed E-state index contributed by atoms with van der Waals surface area (Å²) in [5.41, 5.74) is 1.61. The van der Waals surface area contributed by atoms with Crippen LogP contribution in [0.3, 0.4) is 0 Å². The van der Waals surface area contributed by atoms with Crippen LogP contribution in [0.15, 0.2) is 36.0 Å². The molecule has 1 aromatic carbocycles. The Morgan fingerprint density at radius 3 is 2.95 bits per heavy atom. The van der Waals surface area contributed by atoms with Gasteiger partial charge in [-0.2, -0.15) is 5.32 Å². The van der Waals surface area contributed by atoms with Crippen LogP contribution in [-0.4, -0.2) is 17.1 Å². The first-order valence-electron chi connectivity index (χ1n) is 6.59. The molecule has 20 heavy (non-hydrogen) atoms. The van der Waals surface area contributed by atoms with Crippen molar-refractivity contribution in [3.05, 3.63) is 41.6 Å². The summed E-state index contributed by atoms with van der Waals surface area (Å²) in [6.07, 6.45) is 3.26. The molecule has 1 amide bonds. The van der Waals surface area contributed by atoms with E-state index in [4.69, 9.17) is 17.0 Å². The van der Waals surface area contributed by atoms with Gasteiger partial charge in [0.2, 0.25) is 0 Å². The molecule has 1 aliphatic heterocycles. The molecule has 1 aliphatic rings. The van der Waals surface area contributed by atoms with E-state index in [9.17, 15) is 4.79 Å². The molecule has 1 N–H and O–H groups in total. The van der Waals surface area contributed by atoms with E-state index in [0.717, 1.165) is 17.7 Å². The lowest BCUT2D eigenvalue weighted by molar-refractivity contribution is -0.116. The van der Waals surface area contributed by atoms with Crippen LogP contribution in [-0.2, 0) is 11.2 Å². The Morgan fingerprint density at radius 2 is 2.25 bits per heavy atom. The molecule has 0 aliphatic carbocycles. The number of nitrogens with zero attached hydrogens (tertiary/aromatic N) is 1. The van der Waals surface area contributed by atoms with Crippen LogP contribution in [0.25, 0.3) is 0 Å². The number of carbonyl (C=O) groups excluding carboxylic acids is 1. The number of benzene rings is 1. The minimum absolute atomic E-state index is 0.176. The SMILES string of the molecule is CCC(C)Oc1cccc(CC2=CNC(=S)[N]C2=O)c1. The summed E-state index contributed by atoms with van der Waals surface area (Å²) in [5, 5.41) is 6.73. The lowest BCUT2D eigenvalue weighted by atomic mass is 10.0. The van der Waals surface area contributed by atoms with Gasteiger partial charge in [-0.3, -0.25) is 4.79 Å². The van der Waals surface area contributed by atoms with Gasteiger partial charge in [0, 0.05) is 18.2 Å². The second-order valence-electron chi connectivity index (χ2n) is 4.70. The number of rotatable bonds is 5. The zero-order valence-electron chi connectivity index (χ0n) is 11.6. The largest absolute Gasteiger partial charge is 0.491 e. The molecular weight excluding hydrogens is 272 g/mol. The fourth-order valence-electron chi connectivity index (χ4n) is 1.80. The lowest BCUT2D eigenvalue weighted by Crippen LogP contribution is -2.37. The molecule has 1 unspecified atom stereocenters. The zero-order chi connectivity index (χ0) is 14.5. The Labute approximate surface area is 124 Å². The summed E-state index contributed by atoms with van der Waals surface area (Å²) in [6.45, 7) is 4.11. The highest BCUT2D eigenvalue weighted by atomic mass is 32.1. The first-order chi connectivity index (χ1) is 9.58. The summed E-state index contributed by atoms with van der Waals surface area (Å²) >= 11 is 4.82. The Kier molecular flexibility index (Phi) is 4.74. The van der Waals surface area contributed by atoms with Crippen LogP contribution in [0.4, 0.5) is 0 Å². The van der Waals surface area contributed by atoms with Crippen LogP contribution in [0.2, 0.25) is 0 Å². The van der Waals surface area contributed by atoms with E-state index >= 15 is 0 Å². The molecule has 0 saturated carbocycles. The minimum Gasteiger partial charge on any atom is -0.491 e. The van der Waals surface area contributed by atoms with Gasteiger partial charge in [-0.05, 0) is 43.3 Å². The van der Waals surface area contributed by atoms with Gasteiger partial charge < -0.3 is 10.1 Å². The summed E-state index contributed by atoms with van der Waals surface area (Å²) in [7, 11) is 0. The predicted octanol–water partition coefficient (Wildman–Crippen LogP) is 2.31. The molecule has 1 aromatic rings. The topological polar surface area (TPSA) is 52.4 Å². The highest BCUT2D eigenvalue weighted by Crippen LogP contribution is 2.18. The van der Waals surface area contributed by atoms with E-state index in [2.05, 4.69) is 17.6 Å². The molecule has 1 atom stereocenters. The molecule has 105 valence electrons. The molecule has 4 nitrogen and oxygen atoms in total. The molecule has 2 rings (SSSR count). The quantitative estimate of drug-likeness (QED) is 0.845. The Hall–Kier alpha value is -1.88. The minimum atomic E-state index is -0.276. The monoisotopic (exact) mass is 289 g/mol. The highest BCUT2D eigenvalue weighted by Gasteiger charge is 2.18. The van der Waals surface area contributed by atoms with Gasteiger partial charge in [0.1, 0.15) is 5.75 Å². The normalized spacial score (nSPS) is 16.0.